The Morgan fingerprint density at radius 2 is 1.43 bits per heavy atom. The molecule has 28 heavy (non-hydrogen) atoms. The summed E-state index contributed by atoms with van der Waals surface area (Å²) < 4.78 is 2.50. The van der Waals surface area contributed by atoms with Crippen molar-refractivity contribution in [3.05, 3.63) is 115 Å². The van der Waals surface area contributed by atoms with Crippen LogP contribution in [0.5, 0.6) is 0 Å². The summed E-state index contributed by atoms with van der Waals surface area (Å²) in [5, 5.41) is 1.21. The first-order valence-electron chi connectivity index (χ1n) is 9.61. The summed E-state index contributed by atoms with van der Waals surface area (Å²) in [5.41, 5.74) is 9.01. The SMILES string of the molecule is c1ccc(-c2c3n(c4ccncc24)C(c2ccccc2)c2ccccc2-3)cc1. The lowest BCUT2D eigenvalue weighted by Crippen LogP contribution is -2.07. The van der Waals surface area contributed by atoms with Crippen LogP contribution in [0, 0.1) is 0 Å². The van der Waals surface area contributed by atoms with Gasteiger partial charge in [0.1, 0.15) is 0 Å². The van der Waals surface area contributed by atoms with Gasteiger partial charge in [0, 0.05) is 28.9 Å². The molecule has 1 aliphatic rings. The fraction of sp³-hybridized carbons (Fsp3) is 0.0385. The van der Waals surface area contributed by atoms with Gasteiger partial charge in [-0.3, -0.25) is 4.98 Å². The maximum atomic E-state index is 4.45. The lowest BCUT2D eigenvalue weighted by molar-refractivity contribution is 0.743. The van der Waals surface area contributed by atoms with Crippen molar-refractivity contribution in [1.82, 2.24) is 9.55 Å². The smallest absolute Gasteiger partial charge is 0.0852 e. The highest BCUT2D eigenvalue weighted by Crippen LogP contribution is 2.51. The molecule has 132 valence electrons. The van der Waals surface area contributed by atoms with Crippen molar-refractivity contribution in [2.24, 2.45) is 0 Å². The molecular weight excluding hydrogens is 340 g/mol. The van der Waals surface area contributed by atoms with E-state index in [1.54, 1.807) is 0 Å². The minimum absolute atomic E-state index is 0.176. The number of benzene rings is 3. The Morgan fingerprint density at radius 3 is 2.25 bits per heavy atom. The third-order valence-corrected chi connectivity index (χ3v) is 5.75. The minimum Gasteiger partial charge on any atom is -0.328 e. The van der Waals surface area contributed by atoms with Crippen LogP contribution in [0.3, 0.4) is 0 Å². The highest BCUT2D eigenvalue weighted by Gasteiger charge is 2.34. The molecule has 0 saturated heterocycles. The molecule has 0 spiro atoms. The quantitative estimate of drug-likeness (QED) is 0.354. The zero-order chi connectivity index (χ0) is 18.5. The van der Waals surface area contributed by atoms with Gasteiger partial charge in [-0.25, -0.2) is 0 Å². The van der Waals surface area contributed by atoms with E-state index in [-0.39, 0.29) is 6.04 Å². The molecule has 1 unspecified atom stereocenters. The average Bonchev–Trinajstić information content (AvgIpc) is 3.28. The second-order valence-corrected chi connectivity index (χ2v) is 7.25. The van der Waals surface area contributed by atoms with Gasteiger partial charge in [-0.1, -0.05) is 84.9 Å². The van der Waals surface area contributed by atoms with Crippen molar-refractivity contribution >= 4 is 10.9 Å². The Bertz CT molecular complexity index is 1300. The fourth-order valence-electron chi connectivity index (χ4n) is 4.64. The molecule has 0 bridgehead atoms. The summed E-state index contributed by atoms with van der Waals surface area (Å²) in [6, 6.07) is 32.6. The molecule has 1 aliphatic heterocycles. The van der Waals surface area contributed by atoms with Crippen LogP contribution in [0.15, 0.2) is 103 Å². The molecule has 0 amide bonds. The van der Waals surface area contributed by atoms with Crippen molar-refractivity contribution in [3.63, 3.8) is 0 Å². The molecule has 0 radical (unpaired) electrons. The van der Waals surface area contributed by atoms with Crippen molar-refractivity contribution in [1.29, 1.82) is 0 Å². The fourth-order valence-corrected chi connectivity index (χ4v) is 4.64. The number of fused-ring (bicyclic) bond motifs is 5. The molecule has 0 fully saturated rings. The third kappa shape index (κ3) is 2.06. The Labute approximate surface area is 163 Å². The predicted octanol–water partition coefficient (Wildman–Crippen LogP) is 6.32. The summed E-state index contributed by atoms with van der Waals surface area (Å²) in [6.45, 7) is 0. The van der Waals surface area contributed by atoms with Crippen LogP contribution in [0.1, 0.15) is 17.2 Å². The Hall–Kier alpha value is -3.65. The number of pyridine rings is 1. The summed E-state index contributed by atoms with van der Waals surface area (Å²) in [5.74, 6) is 0. The first kappa shape index (κ1) is 15.4. The first-order chi connectivity index (χ1) is 13.9. The highest BCUT2D eigenvalue weighted by molar-refractivity contribution is 6.06. The number of aromatic nitrogens is 2. The first-order valence-corrected chi connectivity index (χ1v) is 9.61. The van der Waals surface area contributed by atoms with Gasteiger partial charge < -0.3 is 4.57 Å². The van der Waals surface area contributed by atoms with Gasteiger partial charge in [-0.05, 0) is 22.8 Å². The summed E-state index contributed by atoms with van der Waals surface area (Å²) >= 11 is 0. The van der Waals surface area contributed by atoms with Gasteiger partial charge in [0.15, 0.2) is 0 Å². The van der Waals surface area contributed by atoms with Gasteiger partial charge in [-0.2, -0.15) is 0 Å². The van der Waals surface area contributed by atoms with E-state index in [4.69, 9.17) is 0 Å². The predicted molar refractivity (Wildman–Crippen MR) is 114 cm³/mol. The average molecular weight is 358 g/mol. The van der Waals surface area contributed by atoms with E-state index in [0.29, 0.717) is 0 Å². The van der Waals surface area contributed by atoms with Crippen molar-refractivity contribution in [2.75, 3.05) is 0 Å². The molecule has 3 heterocycles. The topological polar surface area (TPSA) is 17.8 Å². The molecule has 0 N–H and O–H groups in total. The van der Waals surface area contributed by atoms with Gasteiger partial charge >= 0.3 is 0 Å². The number of rotatable bonds is 2. The highest BCUT2D eigenvalue weighted by atomic mass is 15.1. The van der Waals surface area contributed by atoms with Crippen LogP contribution in [-0.2, 0) is 0 Å². The number of hydrogen-bond donors (Lipinski definition) is 0. The van der Waals surface area contributed by atoms with Crippen LogP contribution in [0.4, 0.5) is 0 Å². The van der Waals surface area contributed by atoms with Crippen LogP contribution in [-0.4, -0.2) is 9.55 Å². The molecule has 2 nitrogen and oxygen atoms in total. The van der Waals surface area contributed by atoms with E-state index in [1.807, 2.05) is 12.4 Å². The molecule has 2 heteroatoms. The van der Waals surface area contributed by atoms with E-state index in [2.05, 4.69) is 101 Å². The van der Waals surface area contributed by atoms with Gasteiger partial charge in [0.05, 0.1) is 17.3 Å². The molecule has 1 atom stereocenters. The van der Waals surface area contributed by atoms with Crippen LogP contribution in [0.25, 0.3) is 33.3 Å². The van der Waals surface area contributed by atoms with Gasteiger partial charge in [-0.15, -0.1) is 0 Å². The normalized spacial score (nSPS) is 14.8. The van der Waals surface area contributed by atoms with Crippen molar-refractivity contribution in [3.8, 4) is 22.4 Å². The lowest BCUT2D eigenvalue weighted by atomic mass is 9.94. The van der Waals surface area contributed by atoms with Crippen LogP contribution >= 0.6 is 0 Å². The summed E-state index contributed by atoms with van der Waals surface area (Å²) in [7, 11) is 0. The maximum Gasteiger partial charge on any atom is 0.0852 e. The number of nitrogens with zero attached hydrogens (tertiary/aromatic N) is 2. The van der Waals surface area contributed by atoms with Crippen molar-refractivity contribution < 1.29 is 0 Å². The zero-order valence-corrected chi connectivity index (χ0v) is 15.3. The second kappa shape index (κ2) is 5.93. The van der Waals surface area contributed by atoms with Gasteiger partial charge in [0.25, 0.3) is 0 Å². The van der Waals surface area contributed by atoms with E-state index >= 15 is 0 Å². The third-order valence-electron chi connectivity index (χ3n) is 5.75. The van der Waals surface area contributed by atoms with Gasteiger partial charge in [0.2, 0.25) is 0 Å². The second-order valence-electron chi connectivity index (χ2n) is 7.25. The standard InChI is InChI=1S/C26H18N2/c1-3-9-18(10-4-1)24-22-17-27-16-15-23(22)28-25(19-11-5-2-6-12-19)20-13-7-8-14-21(20)26(24)28/h1-17,25H. The van der Waals surface area contributed by atoms with E-state index in [0.717, 1.165) is 0 Å². The van der Waals surface area contributed by atoms with Crippen LogP contribution in [0.2, 0.25) is 0 Å². The molecule has 0 saturated carbocycles. The maximum absolute atomic E-state index is 4.45. The van der Waals surface area contributed by atoms with E-state index in [9.17, 15) is 0 Å². The summed E-state index contributed by atoms with van der Waals surface area (Å²) in [6.07, 6.45) is 3.91. The Morgan fingerprint density at radius 1 is 0.714 bits per heavy atom. The molecule has 2 aromatic heterocycles. The molecule has 0 aliphatic carbocycles. The largest absolute Gasteiger partial charge is 0.328 e. The molecule has 5 aromatic rings. The lowest BCUT2D eigenvalue weighted by Gasteiger charge is -2.17. The van der Waals surface area contributed by atoms with E-state index in [1.165, 1.54) is 44.4 Å². The molecule has 6 rings (SSSR count). The molecular formula is C26H18N2. The Balaban J connectivity index is 1.78. The number of hydrogen-bond acceptors (Lipinski definition) is 1. The van der Waals surface area contributed by atoms with Crippen molar-refractivity contribution in [2.45, 2.75) is 6.04 Å². The minimum atomic E-state index is 0.176. The van der Waals surface area contributed by atoms with Crippen LogP contribution < -0.4 is 0 Å². The Kier molecular flexibility index (Phi) is 3.26. The van der Waals surface area contributed by atoms with E-state index < -0.39 is 0 Å². The zero-order valence-electron chi connectivity index (χ0n) is 15.3. The molecule has 3 aromatic carbocycles. The summed E-state index contributed by atoms with van der Waals surface area (Å²) in [4.78, 5) is 4.45. The monoisotopic (exact) mass is 358 g/mol.